The number of hydrogen-bond donors (Lipinski definition) is 1. The molecule has 0 aromatic heterocycles. The average molecular weight is 544 g/mol. The Bertz CT molecular complexity index is 1140. The van der Waals surface area contributed by atoms with Gasteiger partial charge in [-0.2, -0.15) is 0 Å². The van der Waals surface area contributed by atoms with E-state index in [1.54, 1.807) is 32.2 Å². The molecule has 1 fully saturated rings. The standard InChI is InChI=1S/C25H32Cl2N2O5S/c1-5-35(31,32)29-10-8-17(9-11-29)12-24(30)28-18-13-21(26)25(22(27)14-18)34-19-6-7-23(33-4)20(15-19)16(2)3/h6-7,13-17H,5,8-12H2,1-4H3,(H,28,30). The Labute approximate surface area is 217 Å². The molecular formula is C25H32Cl2N2O5S. The molecule has 0 bridgehead atoms. The fourth-order valence-electron chi connectivity index (χ4n) is 4.12. The van der Waals surface area contributed by atoms with Crippen molar-refractivity contribution in [3.05, 3.63) is 45.9 Å². The molecule has 7 nitrogen and oxygen atoms in total. The van der Waals surface area contributed by atoms with Crippen molar-refractivity contribution in [1.29, 1.82) is 0 Å². The molecule has 192 valence electrons. The van der Waals surface area contributed by atoms with Crippen LogP contribution in [0.3, 0.4) is 0 Å². The number of nitrogens with one attached hydrogen (secondary N) is 1. The zero-order chi connectivity index (χ0) is 25.8. The van der Waals surface area contributed by atoms with E-state index >= 15 is 0 Å². The van der Waals surface area contributed by atoms with Crippen LogP contribution in [0.15, 0.2) is 30.3 Å². The van der Waals surface area contributed by atoms with Gasteiger partial charge >= 0.3 is 0 Å². The van der Waals surface area contributed by atoms with Crippen LogP contribution >= 0.6 is 23.2 Å². The molecule has 35 heavy (non-hydrogen) atoms. The third-order valence-corrected chi connectivity index (χ3v) is 8.57. The van der Waals surface area contributed by atoms with Gasteiger partial charge in [-0.05, 0) is 61.9 Å². The second-order valence-corrected chi connectivity index (χ2v) is 12.0. The number of anilines is 1. The fraction of sp³-hybridized carbons (Fsp3) is 0.480. The molecule has 2 aromatic carbocycles. The number of rotatable bonds is 9. The van der Waals surface area contributed by atoms with Gasteiger partial charge in [0.25, 0.3) is 0 Å². The molecule has 1 aliphatic heterocycles. The van der Waals surface area contributed by atoms with Crippen LogP contribution < -0.4 is 14.8 Å². The lowest BCUT2D eigenvalue weighted by molar-refractivity contribution is -0.117. The number of nitrogens with zero attached hydrogens (tertiary/aromatic N) is 1. The van der Waals surface area contributed by atoms with Gasteiger partial charge in [0.1, 0.15) is 11.5 Å². The Hall–Kier alpha value is -2.00. The number of methoxy groups -OCH3 is 1. The van der Waals surface area contributed by atoms with E-state index in [0.717, 1.165) is 11.3 Å². The number of benzene rings is 2. The first-order chi connectivity index (χ1) is 16.5. The van der Waals surface area contributed by atoms with E-state index in [0.29, 0.717) is 49.5 Å². The van der Waals surface area contributed by atoms with Crippen LogP contribution in [0.1, 0.15) is 51.5 Å². The molecule has 1 heterocycles. The number of carbonyl (C=O) groups excluding carboxylic acids is 1. The van der Waals surface area contributed by atoms with Crippen molar-refractivity contribution in [3.8, 4) is 17.2 Å². The van der Waals surface area contributed by atoms with Gasteiger partial charge in [0, 0.05) is 30.8 Å². The predicted molar refractivity (Wildman–Crippen MR) is 141 cm³/mol. The summed E-state index contributed by atoms with van der Waals surface area (Å²) in [5.74, 6) is 1.94. The summed E-state index contributed by atoms with van der Waals surface area (Å²) in [4.78, 5) is 12.6. The minimum absolute atomic E-state index is 0.0940. The third kappa shape index (κ3) is 7.03. The van der Waals surface area contributed by atoms with E-state index in [-0.39, 0.29) is 33.5 Å². The van der Waals surface area contributed by atoms with E-state index in [1.165, 1.54) is 4.31 Å². The lowest BCUT2D eigenvalue weighted by Crippen LogP contribution is -2.39. The second-order valence-electron chi connectivity index (χ2n) is 8.92. The third-order valence-electron chi connectivity index (χ3n) is 6.13. The lowest BCUT2D eigenvalue weighted by Gasteiger charge is -2.30. The molecule has 0 spiro atoms. The molecule has 0 atom stereocenters. The van der Waals surface area contributed by atoms with Gasteiger partial charge in [-0.15, -0.1) is 0 Å². The fourth-order valence-corrected chi connectivity index (χ4v) is 5.82. The van der Waals surface area contributed by atoms with Gasteiger partial charge in [-0.25, -0.2) is 12.7 Å². The van der Waals surface area contributed by atoms with Crippen molar-refractivity contribution < 1.29 is 22.7 Å². The van der Waals surface area contributed by atoms with Crippen molar-refractivity contribution in [2.75, 3.05) is 31.3 Å². The number of ether oxygens (including phenoxy) is 2. The monoisotopic (exact) mass is 542 g/mol. The quantitative estimate of drug-likeness (QED) is 0.401. The molecule has 2 aromatic rings. The molecule has 10 heteroatoms. The molecule has 0 radical (unpaired) electrons. The Morgan fingerprint density at radius 2 is 1.77 bits per heavy atom. The van der Waals surface area contributed by atoms with Gasteiger partial charge in [0.15, 0.2) is 5.75 Å². The predicted octanol–water partition coefficient (Wildman–Crippen LogP) is 6.31. The van der Waals surface area contributed by atoms with E-state index in [4.69, 9.17) is 32.7 Å². The molecule has 1 saturated heterocycles. The van der Waals surface area contributed by atoms with Crippen LogP contribution in [0.2, 0.25) is 10.0 Å². The number of amides is 1. The Balaban J connectivity index is 1.63. The van der Waals surface area contributed by atoms with Crippen LogP contribution in [0.4, 0.5) is 5.69 Å². The molecule has 3 rings (SSSR count). The zero-order valence-corrected chi connectivity index (χ0v) is 22.8. The summed E-state index contributed by atoms with van der Waals surface area (Å²) in [7, 11) is -1.56. The number of piperidine rings is 1. The molecular weight excluding hydrogens is 511 g/mol. The maximum absolute atomic E-state index is 12.6. The van der Waals surface area contributed by atoms with Crippen molar-refractivity contribution >= 4 is 44.8 Å². The highest BCUT2D eigenvalue weighted by atomic mass is 35.5. The van der Waals surface area contributed by atoms with Crippen molar-refractivity contribution in [3.63, 3.8) is 0 Å². The first kappa shape index (κ1) is 27.6. The SMILES string of the molecule is CCS(=O)(=O)N1CCC(CC(=O)Nc2cc(Cl)c(Oc3ccc(OC)c(C(C)C)c3)c(Cl)c2)CC1. The lowest BCUT2D eigenvalue weighted by atomic mass is 9.94. The van der Waals surface area contributed by atoms with Crippen LogP contribution in [-0.4, -0.2) is 44.6 Å². The first-order valence-corrected chi connectivity index (χ1v) is 14.0. The van der Waals surface area contributed by atoms with Gasteiger partial charge in [0.2, 0.25) is 15.9 Å². The molecule has 1 aliphatic rings. The van der Waals surface area contributed by atoms with Gasteiger partial charge in [0.05, 0.1) is 22.9 Å². The summed E-state index contributed by atoms with van der Waals surface area (Å²) >= 11 is 12.9. The van der Waals surface area contributed by atoms with Crippen LogP contribution in [0.5, 0.6) is 17.2 Å². The largest absolute Gasteiger partial charge is 0.496 e. The van der Waals surface area contributed by atoms with Crippen LogP contribution in [-0.2, 0) is 14.8 Å². The Morgan fingerprint density at radius 3 is 2.31 bits per heavy atom. The summed E-state index contributed by atoms with van der Waals surface area (Å²) in [5.41, 5.74) is 1.47. The van der Waals surface area contributed by atoms with Crippen LogP contribution in [0, 0.1) is 5.92 Å². The molecule has 0 saturated carbocycles. The first-order valence-electron chi connectivity index (χ1n) is 11.7. The topological polar surface area (TPSA) is 84.9 Å². The maximum atomic E-state index is 12.6. The number of hydrogen-bond acceptors (Lipinski definition) is 5. The normalized spacial score (nSPS) is 15.3. The molecule has 0 aliphatic carbocycles. The van der Waals surface area contributed by atoms with Crippen molar-refractivity contribution in [1.82, 2.24) is 4.31 Å². The van der Waals surface area contributed by atoms with Crippen molar-refractivity contribution in [2.45, 2.75) is 46.0 Å². The summed E-state index contributed by atoms with van der Waals surface area (Å²) in [6.07, 6.45) is 1.61. The van der Waals surface area contributed by atoms with E-state index < -0.39 is 10.0 Å². The average Bonchev–Trinajstić information content (AvgIpc) is 2.81. The summed E-state index contributed by atoms with van der Waals surface area (Å²) in [6, 6.07) is 8.71. The van der Waals surface area contributed by atoms with Gasteiger partial charge in [-0.3, -0.25) is 4.79 Å². The van der Waals surface area contributed by atoms with Crippen LogP contribution in [0.25, 0.3) is 0 Å². The zero-order valence-electron chi connectivity index (χ0n) is 20.4. The highest BCUT2D eigenvalue weighted by Gasteiger charge is 2.28. The Morgan fingerprint density at radius 1 is 1.14 bits per heavy atom. The molecule has 0 unspecified atom stereocenters. The number of sulfonamides is 1. The highest BCUT2D eigenvalue weighted by molar-refractivity contribution is 7.89. The number of halogens is 2. The Kier molecular flexibility index (Phi) is 9.32. The second kappa shape index (κ2) is 11.8. The summed E-state index contributed by atoms with van der Waals surface area (Å²) in [6.45, 7) is 6.66. The van der Waals surface area contributed by atoms with Crippen molar-refractivity contribution in [2.24, 2.45) is 5.92 Å². The smallest absolute Gasteiger partial charge is 0.224 e. The van der Waals surface area contributed by atoms with E-state index in [2.05, 4.69) is 19.2 Å². The highest BCUT2D eigenvalue weighted by Crippen LogP contribution is 2.40. The number of carbonyl (C=O) groups is 1. The molecule has 1 amide bonds. The van der Waals surface area contributed by atoms with Gasteiger partial charge in [-0.1, -0.05) is 37.0 Å². The maximum Gasteiger partial charge on any atom is 0.224 e. The summed E-state index contributed by atoms with van der Waals surface area (Å²) in [5, 5.41) is 3.38. The van der Waals surface area contributed by atoms with Gasteiger partial charge < -0.3 is 14.8 Å². The summed E-state index contributed by atoms with van der Waals surface area (Å²) < 4.78 is 36.9. The van der Waals surface area contributed by atoms with E-state index in [1.807, 2.05) is 12.1 Å². The minimum atomic E-state index is -3.18. The molecule has 1 N–H and O–H groups in total. The van der Waals surface area contributed by atoms with E-state index in [9.17, 15) is 13.2 Å². The minimum Gasteiger partial charge on any atom is -0.496 e.